The average molecular weight is 169 g/mol. The summed E-state index contributed by atoms with van der Waals surface area (Å²) in [5.74, 6) is 0. The van der Waals surface area contributed by atoms with Crippen molar-refractivity contribution in [1.29, 1.82) is 0 Å². The molecule has 11 heavy (non-hydrogen) atoms. The maximum atomic E-state index is 11.3. The minimum absolute atomic E-state index is 0.115. The number of carbonyl (C=O) groups is 1. The summed E-state index contributed by atoms with van der Waals surface area (Å²) in [6.07, 6.45) is -5.86. The van der Waals surface area contributed by atoms with Gasteiger partial charge in [-0.05, 0) is 0 Å². The predicted molar refractivity (Wildman–Crippen MR) is 26.5 cm³/mol. The standard InChI is InChI=1S/C5H5F3O3/c6-5(7,8)2-1-3-11-4(9)10/h1-2H,3H2,(H,9,10)/p-1. The highest BCUT2D eigenvalue weighted by molar-refractivity contribution is 5.54. The van der Waals surface area contributed by atoms with Crippen molar-refractivity contribution < 1.29 is 27.8 Å². The lowest BCUT2D eigenvalue weighted by molar-refractivity contribution is -0.281. The fourth-order valence-corrected chi connectivity index (χ4v) is 0.298. The Morgan fingerprint density at radius 3 is 2.45 bits per heavy atom. The molecular weight excluding hydrogens is 165 g/mol. The van der Waals surface area contributed by atoms with E-state index < -0.39 is 18.9 Å². The zero-order valence-electron chi connectivity index (χ0n) is 5.22. The van der Waals surface area contributed by atoms with E-state index in [4.69, 9.17) is 0 Å². The van der Waals surface area contributed by atoms with Gasteiger partial charge in [-0.3, -0.25) is 0 Å². The molecule has 0 amide bonds. The van der Waals surface area contributed by atoms with Crippen LogP contribution in [0.3, 0.4) is 0 Å². The Morgan fingerprint density at radius 1 is 1.55 bits per heavy atom. The maximum absolute atomic E-state index is 11.3. The van der Waals surface area contributed by atoms with Crippen molar-refractivity contribution in [1.82, 2.24) is 0 Å². The topological polar surface area (TPSA) is 49.4 Å². The number of halogens is 3. The van der Waals surface area contributed by atoms with Gasteiger partial charge in [0.25, 0.3) is 6.16 Å². The van der Waals surface area contributed by atoms with Crippen molar-refractivity contribution in [2.45, 2.75) is 6.18 Å². The minimum atomic E-state index is -4.44. The molecule has 0 unspecified atom stereocenters. The Bertz CT molecular complexity index is 161. The van der Waals surface area contributed by atoms with Crippen molar-refractivity contribution in [3.63, 3.8) is 0 Å². The molecular formula is C5H4F3O3-. The van der Waals surface area contributed by atoms with Gasteiger partial charge in [-0.15, -0.1) is 0 Å². The molecule has 0 saturated carbocycles. The minimum Gasteiger partial charge on any atom is -0.546 e. The van der Waals surface area contributed by atoms with E-state index in [-0.39, 0.29) is 6.08 Å². The smallest absolute Gasteiger partial charge is 0.409 e. The summed E-state index contributed by atoms with van der Waals surface area (Å²) in [7, 11) is 0. The lowest BCUT2D eigenvalue weighted by Crippen LogP contribution is -2.23. The molecule has 0 aliphatic rings. The molecule has 3 nitrogen and oxygen atoms in total. The second-order valence-electron chi connectivity index (χ2n) is 1.50. The molecule has 0 heterocycles. The third kappa shape index (κ3) is 8.80. The molecule has 64 valence electrons. The average Bonchev–Trinajstić information content (AvgIpc) is 1.78. The van der Waals surface area contributed by atoms with Crippen LogP contribution in [-0.4, -0.2) is 18.9 Å². The summed E-state index contributed by atoms with van der Waals surface area (Å²) in [4.78, 5) is 9.48. The van der Waals surface area contributed by atoms with Crippen LogP contribution in [0.5, 0.6) is 0 Å². The van der Waals surface area contributed by atoms with Crippen LogP contribution in [0.4, 0.5) is 18.0 Å². The molecule has 0 fully saturated rings. The number of hydrogen-bond donors (Lipinski definition) is 0. The van der Waals surface area contributed by atoms with Crippen molar-refractivity contribution in [2.75, 3.05) is 6.61 Å². The zero-order chi connectivity index (χ0) is 8.91. The normalized spacial score (nSPS) is 11.9. The summed E-state index contributed by atoms with van der Waals surface area (Å²) >= 11 is 0. The lowest BCUT2D eigenvalue weighted by atomic mass is 10.5. The molecule has 0 N–H and O–H groups in total. The summed E-state index contributed by atoms with van der Waals surface area (Å²) in [6, 6.07) is 0. The first-order valence-corrected chi connectivity index (χ1v) is 2.50. The van der Waals surface area contributed by atoms with Crippen LogP contribution in [0.15, 0.2) is 12.2 Å². The van der Waals surface area contributed by atoms with E-state index in [1.54, 1.807) is 0 Å². The Morgan fingerprint density at radius 2 is 2.09 bits per heavy atom. The van der Waals surface area contributed by atoms with Gasteiger partial charge >= 0.3 is 6.18 Å². The van der Waals surface area contributed by atoms with E-state index in [2.05, 4.69) is 4.74 Å². The van der Waals surface area contributed by atoms with Crippen LogP contribution in [0.1, 0.15) is 0 Å². The van der Waals surface area contributed by atoms with E-state index in [0.29, 0.717) is 6.08 Å². The Hall–Kier alpha value is -1.20. The molecule has 0 aliphatic heterocycles. The molecule has 6 heteroatoms. The number of carboxylic acid groups (broad SMARTS) is 1. The maximum Gasteiger partial charge on any atom is 0.409 e. The van der Waals surface area contributed by atoms with E-state index in [1.165, 1.54) is 0 Å². The molecule has 0 aliphatic carbocycles. The number of ether oxygens (including phenoxy) is 1. The molecule has 0 aromatic heterocycles. The Labute approximate surface area is 60.1 Å². The summed E-state index contributed by atoms with van der Waals surface area (Å²) in [5, 5.41) is 9.48. The van der Waals surface area contributed by atoms with Gasteiger partial charge in [0.05, 0.1) is 0 Å². The first-order chi connectivity index (χ1) is 4.92. The van der Waals surface area contributed by atoms with Gasteiger partial charge in [0.2, 0.25) is 0 Å². The van der Waals surface area contributed by atoms with Gasteiger partial charge in [0, 0.05) is 12.7 Å². The van der Waals surface area contributed by atoms with Crippen LogP contribution in [-0.2, 0) is 4.74 Å². The fraction of sp³-hybridized carbons (Fsp3) is 0.400. The highest BCUT2D eigenvalue weighted by Crippen LogP contribution is 2.15. The van der Waals surface area contributed by atoms with Crippen LogP contribution in [0, 0.1) is 0 Å². The largest absolute Gasteiger partial charge is 0.546 e. The molecule has 0 spiro atoms. The summed E-state index contributed by atoms with van der Waals surface area (Å²) in [6.45, 7) is -0.651. The first kappa shape index (κ1) is 9.80. The summed E-state index contributed by atoms with van der Waals surface area (Å²) < 4.78 is 37.5. The first-order valence-electron chi connectivity index (χ1n) is 2.50. The van der Waals surface area contributed by atoms with Gasteiger partial charge in [0.15, 0.2) is 0 Å². The second kappa shape index (κ2) is 3.85. The van der Waals surface area contributed by atoms with E-state index in [9.17, 15) is 23.1 Å². The number of carbonyl (C=O) groups excluding carboxylic acids is 1. The van der Waals surface area contributed by atoms with Gasteiger partial charge in [-0.1, -0.05) is 6.08 Å². The van der Waals surface area contributed by atoms with Gasteiger partial charge in [0.1, 0.15) is 0 Å². The third-order valence-electron chi connectivity index (χ3n) is 0.604. The number of hydrogen-bond acceptors (Lipinski definition) is 3. The van der Waals surface area contributed by atoms with Crippen LogP contribution < -0.4 is 5.11 Å². The molecule has 0 atom stereocenters. The van der Waals surface area contributed by atoms with E-state index >= 15 is 0 Å². The molecule has 0 bridgehead atoms. The highest BCUT2D eigenvalue weighted by Gasteiger charge is 2.21. The summed E-state index contributed by atoms with van der Waals surface area (Å²) in [5.41, 5.74) is 0. The van der Waals surface area contributed by atoms with Crippen molar-refractivity contribution >= 4 is 6.16 Å². The van der Waals surface area contributed by atoms with E-state index in [1.807, 2.05) is 0 Å². The van der Waals surface area contributed by atoms with Crippen LogP contribution in [0.25, 0.3) is 0 Å². The van der Waals surface area contributed by atoms with Crippen molar-refractivity contribution in [2.24, 2.45) is 0 Å². The SMILES string of the molecule is O=C([O-])OCC=CC(F)(F)F. The van der Waals surface area contributed by atoms with Crippen LogP contribution in [0.2, 0.25) is 0 Å². The number of alkyl halides is 3. The highest BCUT2D eigenvalue weighted by atomic mass is 19.4. The molecule has 0 saturated heterocycles. The van der Waals surface area contributed by atoms with Gasteiger partial charge in [-0.2, -0.15) is 13.2 Å². The zero-order valence-corrected chi connectivity index (χ0v) is 5.22. The molecule has 0 aromatic rings. The quantitative estimate of drug-likeness (QED) is 0.445. The number of rotatable bonds is 2. The lowest BCUT2D eigenvalue weighted by Gasteiger charge is -2.03. The van der Waals surface area contributed by atoms with Crippen LogP contribution >= 0.6 is 0 Å². The monoisotopic (exact) mass is 169 g/mol. The van der Waals surface area contributed by atoms with E-state index in [0.717, 1.165) is 0 Å². The van der Waals surface area contributed by atoms with Crippen molar-refractivity contribution in [3.8, 4) is 0 Å². The molecule has 0 aromatic carbocycles. The number of allylic oxidation sites excluding steroid dienone is 1. The fourth-order valence-electron chi connectivity index (χ4n) is 0.298. The Kier molecular flexibility index (Phi) is 3.43. The molecule has 0 rings (SSSR count). The second-order valence-corrected chi connectivity index (χ2v) is 1.50. The molecule has 0 radical (unpaired) electrons. The van der Waals surface area contributed by atoms with Crippen molar-refractivity contribution in [3.05, 3.63) is 12.2 Å². The van der Waals surface area contributed by atoms with Gasteiger partial charge in [-0.25, -0.2) is 0 Å². The third-order valence-corrected chi connectivity index (χ3v) is 0.604. The predicted octanol–water partition coefficient (Wildman–Crippen LogP) is 0.465. The Balaban J connectivity index is 3.54. The van der Waals surface area contributed by atoms with Gasteiger partial charge < -0.3 is 14.6 Å².